The Kier molecular flexibility index (Phi) is 3.31. The minimum Gasteiger partial charge on any atom is -0.378 e. The van der Waals surface area contributed by atoms with Crippen LogP contribution in [0.15, 0.2) is 36.4 Å². The molecule has 0 unspecified atom stereocenters. The van der Waals surface area contributed by atoms with Crippen LogP contribution in [0.5, 0.6) is 0 Å². The average Bonchev–Trinajstić information content (AvgIpc) is 2.85. The Morgan fingerprint density at radius 1 is 1.10 bits per heavy atom. The minimum absolute atomic E-state index is 0.195. The fourth-order valence-electron chi connectivity index (χ4n) is 1.83. The highest BCUT2D eigenvalue weighted by atomic mass is 32.1. The fraction of sp³-hybridized carbons (Fsp3) is 0.0714. The molecule has 0 aliphatic heterocycles. The summed E-state index contributed by atoms with van der Waals surface area (Å²) in [7, 11) is 0. The summed E-state index contributed by atoms with van der Waals surface area (Å²) < 4.78 is 39.9. The van der Waals surface area contributed by atoms with E-state index in [9.17, 15) is 13.2 Å². The van der Waals surface area contributed by atoms with Gasteiger partial charge in [0.1, 0.15) is 10.8 Å². The minimum atomic E-state index is -0.884. The molecule has 0 saturated heterocycles. The molecule has 0 amide bonds. The Morgan fingerprint density at radius 3 is 2.75 bits per heavy atom. The van der Waals surface area contributed by atoms with Crippen LogP contribution < -0.4 is 5.32 Å². The van der Waals surface area contributed by atoms with Crippen LogP contribution in [0.1, 0.15) is 5.01 Å². The second kappa shape index (κ2) is 5.13. The molecule has 0 radical (unpaired) electrons. The summed E-state index contributed by atoms with van der Waals surface area (Å²) in [5.74, 6) is -2.10. The van der Waals surface area contributed by atoms with Gasteiger partial charge >= 0.3 is 0 Å². The molecule has 6 heteroatoms. The molecule has 0 spiro atoms. The van der Waals surface area contributed by atoms with Crippen LogP contribution in [0.25, 0.3) is 10.2 Å². The monoisotopic (exact) mass is 294 g/mol. The molecule has 0 bridgehead atoms. The van der Waals surface area contributed by atoms with Gasteiger partial charge in [-0.3, -0.25) is 0 Å². The maximum Gasteiger partial charge on any atom is 0.178 e. The molecule has 0 aliphatic rings. The first kappa shape index (κ1) is 12.9. The second-order valence-corrected chi connectivity index (χ2v) is 5.26. The average molecular weight is 294 g/mol. The molecular formula is C14H9F3N2S. The van der Waals surface area contributed by atoms with Crippen LogP contribution in [0.4, 0.5) is 18.9 Å². The number of rotatable bonds is 3. The van der Waals surface area contributed by atoms with E-state index in [0.29, 0.717) is 22.8 Å². The first-order chi connectivity index (χ1) is 9.63. The van der Waals surface area contributed by atoms with Crippen LogP contribution >= 0.6 is 11.3 Å². The highest BCUT2D eigenvalue weighted by molar-refractivity contribution is 7.18. The molecule has 3 rings (SSSR count). The number of fused-ring (bicyclic) bond motifs is 1. The van der Waals surface area contributed by atoms with Crippen LogP contribution in [0.2, 0.25) is 0 Å². The summed E-state index contributed by atoms with van der Waals surface area (Å²) in [6.07, 6.45) is 0. The molecule has 2 nitrogen and oxygen atoms in total. The number of thiazole rings is 1. The third-order valence-electron chi connectivity index (χ3n) is 2.76. The van der Waals surface area contributed by atoms with Crippen molar-refractivity contribution < 1.29 is 13.2 Å². The Balaban J connectivity index is 1.83. The smallest absolute Gasteiger partial charge is 0.178 e. The van der Waals surface area contributed by atoms with Gasteiger partial charge in [-0.2, -0.15) is 0 Å². The van der Waals surface area contributed by atoms with Crippen LogP contribution in [0.3, 0.4) is 0 Å². The maximum atomic E-state index is 13.6. The second-order valence-electron chi connectivity index (χ2n) is 4.18. The van der Waals surface area contributed by atoms with E-state index in [4.69, 9.17) is 0 Å². The molecule has 3 aromatic rings. The van der Waals surface area contributed by atoms with Crippen molar-refractivity contribution in [1.82, 2.24) is 4.98 Å². The Hall–Kier alpha value is -2.08. The zero-order valence-electron chi connectivity index (χ0n) is 10.2. The van der Waals surface area contributed by atoms with Crippen LogP contribution in [-0.4, -0.2) is 4.98 Å². The molecule has 102 valence electrons. The SMILES string of the molecule is Fc1cccc(NCc2nc3ccc(F)c(F)c3s2)c1. The highest BCUT2D eigenvalue weighted by Crippen LogP contribution is 2.27. The Bertz CT molecular complexity index is 770. The van der Waals surface area contributed by atoms with Crippen molar-refractivity contribution in [2.45, 2.75) is 6.54 Å². The van der Waals surface area contributed by atoms with E-state index in [0.717, 1.165) is 17.4 Å². The lowest BCUT2D eigenvalue weighted by Gasteiger charge is -2.03. The normalized spacial score (nSPS) is 10.9. The molecule has 1 N–H and O–H groups in total. The molecule has 0 aliphatic carbocycles. The van der Waals surface area contributed by atoms with E-state index < -0.39 is 11.6 Å². The number of halogens is 3. The van der Waals surface area contributed by atoms with Crippen molar-refractivity contribution >= 4 is 27.2 Å². The molecule has 0 fully saturated rings. The Morgan fingerprint density at radius 2 is 1.95 bits per heavy atom. The third-order valence-corrected chi connectivity index (χ3v) is 3.83. The van der Waals surface area contributed by atoms with E-state index in [1.165, 1.54) is 18.2 Å². The molecule has 2 aromatic carbocycles. The molecular weight excluding hydrogens is 285 g/mol. The summed E-state index contributed by atoms with van der Waals surface area (Å²) in [6.45, 7) is 0.323. The summed E-state index contributed by atoms with van der Waals surface area (Å²) in [6, 6.07) is 8.51. The predicted molar refractivity (Wildman–Crippen MR) is 73.3 cm³/mol. The molecule has 0 atom stereocenters. The lowest BCUT2D eigenvalue weighted by Crippen LogP contribution is -1.98. The lowest BCUT2D eigenvalue weighted by molar-refractivity contribution is 0.518. The third kappa shape index (κ3) is 2.46. The topological polar surface area (TPSA) is 24.9 Å². The van der Waals surface area contributed by atoms with Crippen molar-refractivity contribution in [2.75, 3.05) is 5.32 Å². The van der Waals surface area contributed by atoms with Crippen LogP contribution in [0, 0.1) is 17.5 Å². The van der Waals surface area contributed by atoms with Crippen molar-refractivity contribution in [3.05, 3.63) is 58.9 Å². The summed E-state index contributed by atoms with van der Waals surface area (Å²) in [4.78, 5) is 4.21. The van der Waals surface area contributed by atoms with Gasteiger partial charge in [0.2, 0.25) is 0 Å². The van der Waals surface area contributed by atoms with E-state index in [1.807, 2.05) is 0 Å². The van der Waals surface area contributed by atoms with Gasteiger partial charge in [-0.1, -0.05) is 6.07 Å². The van der Waals surface area contributed by atoms with Crippen molar-refractivity contribution in [3.63, 3.8) is 0 Å². The van der Waals surface area contributed by atoms with Gasteiger partial charge < -0.3 is 5.32 Å². The number of aromatic nitrogens is 1. The van der Waals surface area contributed by atoms with Gasteiger partial charge in [0.05, 0.1) is 16.8 Å². The zero-order valence-corrected chi connectivity index (χ0v) is 11.0. The first-order valence-electron chi connectivity index (χ1n) is 5.86. The van der Waals surface area contributed by atoms with E-state index in [-0.39, 0.29) is 10.5 Å². The van der Waals surface area contributed by atoms with Gasteiger partial charge in [-0.25, -0.2) is 18.2 Å². The number of nitrogens with one attached hydrogen (secondary N) is 1. The molecule has 0 saturated carbocycles. The number of nitrogens with zero attached hydrogens (tertiary/aromatic N) is 1. The van der Waals surface area contributed by atoms with E-state index in [2.05, 4.69) is 10.3 Å². The van der Waals surface area contributed by atoms with Crippen molar-refractivity contribution in [3.8, 4) is 0 Å². The number of hydrogen-bond donors (Lipinski definition) is 1. The largest absolute Gasteiger partial charge is 0.378 e. The zero-order chi connectivity index (χ0) is 14.1. The standard InChI is InChI=1S/C14H9F3N2S/c15-8-2-1-3-9(6-8)18-7-12-19-11-5-4-10(16)13(17)14(11)20-12/h1-6,18H,7H2. The van der Waals surface area contributed by atoms with Gasteiger partial charge in [0.15, 0.2) is 11.6 Å². The summed E-state index contributed by atoms with van der Waals surface area (Å²) >= 11 is 1.08. The summed E-state index contributed by atoms with van der Waals surface area (Å²) in [5.41, 5.74) is 1.03. The maximum absolute atomic E-state index is 13.6. The highest BCUT2D eigenvalue weighted by Gasteiger charge is 2.12. The van der Waals surface area contributed by atoms with Gasteiger partial charge in [-0.15, -0.1) is 11.3 Å². The van der Waals surface area contributed by atoms with Gasteiger partial charge in [-0.05, 0) is 30.3 Å². The molecule has 20 heavy (non-hydrogen) atoms. The predicted octanol–water partition coefficient (Wildman–Crippen LogP) is 4.33. The molecule has 1 heterocycles. The summed E-state index contributed by atoms with van der Waals surface area (Å²) in [5, 5.41) is 3.59. The van der Waals surface area contributed by atoms with Crippen molar-refractivity contribution in [1.29, 1.82) is 0 Å². The van der Waals surface area contributed by atoms with Gasteiger partial charge in [0, 0.05) is 5.69 Å². The number of anilines is 1. The van der Waals surface area contributed by atoms with Crippen molar-refractivity contribution in [2.24, 2.45) is 0 Å². The number of hydrogen-bond acceptors (Lipinski definition) is 3. The number of benzene rings is 2. The first-order valence-corrected chi connectivity index (χ1v) is 6.68. The lowest BCUT2D eigenvalue weighted by atomic mass is 10.3. The fourth-order valence-corrected chi connectivity index (χ4v) is 2.76. The Labute approximate surface area is 116 Å². The van der Waals surface area contributed by atoms with Gasteiger partial charge in [0.25, 0.3) is 0 Å². The van der Waals surface area contributed by atoms with E-state index >= 15 is 0 Å². The molecule has 1 aromatic heterocycles. The quantitative estimate of drug-likeness (QED) is 0.778. The van der Waals surface area contributed by atoms with Crippen LogP contribution in [-0.2, 0) is 6.54 Å². The van der Waals surface area contributed by atoms with E-state index in [1.54, 1.807) is 12.1 Å².